The van der Waals surface area contributed by atoms with Gasteiger partial charge in [-0.15, -0.1) is 0 Å². The van der Waals surface area contributed by atoms with E-state index in [2.05, 4.69) is 40.2 Å². The Labute approximate surface area is 101 Å². The number of benzene rings is 1. The summed E-state index contributed by atoms with van der Waals surface area (Å²) in [5, 5.41) is 0. The van der Waals surface area contributed by atoms with Crippen molar-refractivity contribution in [3.05, 3.63) is 29.6 Å². The normalized spacial score (nSPS) is 15.6. The molecule has 3 rings (SSSR count). The highest BCUT2D eigenvalue weighted by Gasteiger charge is 2.26. The zero-order chi connectivity index (χ0) is 11.8. The topological polar surface area (TPSA) is 39.1 Å². The molecule has 0 spiro atoms. The maximum Gasteiger partial charge on any atom is 0.106 e. The van der Waals surface area contributed by atoms with E-state index in [-0.39, 0.29) is 0 Å². The fraction of sp³-hybridized carbons (Fsp3) is 0.462. The Morgan fingerprint density at radius 3 is 3.00 bits per heavy atom. The Morgan fingerprint density at radius 2 is 2.29 bits per heavy atom. The lowest BCUT2D eigenvalue weighted by Crippen LogP contribution is -2.10. The molecule has 1 N–H and O–H groups in total. The van der Waals surface area contributed by atoms with E-state index < -0.39 is 0 Å². The molecule has 1 aromatic carbocycles. The molecule has 0 atom stereocenters. The van der Waals surface area contributed by atoms with Gasteiger partial charge in [-0.2, -0.15) is 5.48 Å². The number of nitrogens with zero attached hydrogens (tertiary/aromatic N) is 2. The van der Waals surface area contributed by atoms with E-state index >= 15 is 0 Å². The summed E-state index contributed by atoms with van der Waals surface area (Å²) in [6, 6.07) is 7.12. The molecule has 0 radical (unpaired) electrons. The first-order valence-corrected chi connectivity index (χ1v) is 6.03. The van der Waals surface area contributed by atoms with Gasteiger partial charge in [0.25, 0.3) is 0 Å². The maximum atomic E-state index is 4.86. The highest BCUT2D eigenvalue weighted by Crippen LogP contribution is 2.38. The molecule has 0 aliphatic heterocycles. The summed E-state index contributed by atoms with van der Waals surface area (Å²) in [4.78, 5) is 9.50. The van der Waals surface area contributed by atoms with Gasteiger partial charge >= 0.3 is 0 Å². The number of hydrogen-bond acceptors (Lipinski definition) is 3. The van der Waals surface area contributed by atoms with Gasteiger partial charge in [0.2, 0.25) is 0 Å². The molecule has 1 saturated carbocycles. The fourth-order valence-electron chi connectivity index (χ4n) is 2.32. The monoisotopic (exact) mass is 231 g/mol. The van der Waals surface area contributed by atoms with Gasteiger partial charge in [0.05, 0.1) is 18.1 Å². The Balaban J connectivity index is 2.00. The van der Waals surface area contributed by atoms with Crippen LogP contribution in [0.3, 0.4) is 0 Å². The number of hydrogen-bond donors (Lipinski definition) is 1. The highest BCUT2D eigenvalue weighted by molar-refractivity contribution is 5.77. The van der Waals surface area contributed by atoms with Crippen molar-refractivity contribution in [2.24, 2.45) is 0 Å². The zero-order valence-corrected chi connectivity index (χ0v) is 10.2. The Hall–Kier alpha value is -1.39. The molecule has 1 aromatic heterocycles. The molecule has 17 heavy (non-hydrogen) atoms. The highest BCUT2D eigenvalue weighted by atomic mass is 16.6. The van der Waals surface area contributed by atoms with Crippen molar-refractivity contribution in [1.29, 1.82) is 0 Å². The molecule has 0 amide bonds. The van der Waals surface area contributed by atoms with Crippen LogP contribution in [0.5, 0.6) is 0 Å². The summed E-state index contributed by atoms with van der Waals surface area (Å²) >= 11 is 0. The molecule has 0 bridgehead atoms. The van der Waals surface area contributed by atoms with Crippen molar-refractivity contribution in [2.45, 2.75) is 32.4 Å². The average Bonchev–Trinajstić information content (AvgIpc) is 3.09. The lowest BCUT2D eigenvalue weighted by molar-refractivity contribution is 0.0867. The van der Waals surface area contributed by atoms with Crippen LogP contribution in [-0.4, -0.2) is 16.7 Å². The number of aryl methyl sites for hydroxylation is 1. The third-order valence-corrected chi connectivity index (χ3v) is 3.26. The maximum absolute atomic E-state index is 4.86. The summed E-state index contributed by atoms with van der Waals surface area (Å²) in [7, 11) is 1.63. The number of imidazole rings is 1. The predicted molar refractivity (Wildman–Crippen MR) is 66.6 cm³/mol. The van der Waals surface area contributed by atoms with Gasteiger partial charge in [-0.1, -0.05) is 6.07 Å². The first kappa shape index (κ1) is 10.7. The molecular weight excluding hydrogens is 214 g/mol. The largest absolute Gasteiger partial charge is 0.325 e. The zero-order valence-electron chi connectivity index (χ0n) is 10.2. The van der Waals surface area contributed by atoms with Crippen LogP contribution in [0.4, 0.5) is 0 Å². The summed E-state index contributed by atoms with van der Waals surface area (Å²) < 4.78 is 2.36. The van der Waals surface area contributed by atoms with Gasteiger partial charge in [-0.05, 0) is 37.5 Å². The van der Waals surface area contributed by atoms with Crippen molar-refractivity contribution in [2.75, 3.05) is 7.11 Å². The molecule has 1 aliphatic rings. The van der Waals surface area contributed by atoms with Gasteiger partial charge in [0.1, 0.15) is 5.82 Å². The average molecular weight is 231 g/mol. The lowest BCUT2D eigenvalue weighted by Gasteiger charge is -2.05. The molecule has 1 heterocycles. The van der Waals surface area contributed by atoms with Crippen LogP contribution >= 0.6 is 0 Å². The van der Waals surface area contributed by atoms with Gasteiger partial charge in [0.15, 0.2) is 0 Å². The molecule has 4 heteroatoms. The van der Waals surface area contributed by atoms with E-state index in [1.807, 2.05) is 0 Å². The fourth-order valence-corrected chi connectivity index (χ4v) is 2.32. The minimum atomic E-state index is 0.683. The van der Waals surface area contributed by atoms with Gasteiger partial charge in [-0.25, -0.2) is 4.98 Å². The smallest absolute Gasteiger partial charge is 0.106 e. The molecular formula is C13H17N3O. The van der Waals surface area contributed by atoms with Crippen LogP contribution in [0.2, 0.25) is 0 Å². The van der Waals surface area contributed by atoms with Crippen molar-refractivity contribution >= 4 is 11.0 Å². The number of aromatic nitrogens is 2. The molecule has 0 saturated heterocycles. The van der Waals surface area contributed by atoms with Crippen molar-refractivity contribution < 1.29 is 4.84 Å². The summed E-state index contributed by atoms with van der Waals surface area (Å²) in [5.41, 5.74) is 6.39. The van der Waals surface area contributed by atoms with E-state index in [0.717, 1.165) is 11.3 Å². The quantitative estimate of drug-likeness (QED) is 0.821. The number of nitrogens with one attached hydrogen (secondary N) is 1. The minimum absolute atomic E-state index is 0.683. The molecule has 4 nitrogen and oxygen atoms in total. The first-order chi connectivity index (χ1) is 8.29. The second-order valence-corrected chi connectivity index (χ2v) is 4.61. The van der Waals surface area contributed by atoms with Crippen LogP contribution in [0.1, 0.15) is 30.3 Å². The van der Waals surface area contributed by atoms with E-state index in [9.17, 15) is 0 Å². The number of fused-ring (bicyclic) bond motifs is 1. The summed E-state index contributed by atoms with van der Waals surface area (Å²) in [5.74, 6) is 1.12. The van der Waals surface area contributed by atoms with Gasteiger partial charge < -0.3 is 9.40 Å². The second-order valence-electron chi connectivity index (χ2n) is 4.61. The predicted octanol–water partition coefficient (Wildman–Crippen LogP) is 2.33. The van der Waals surface area contributed by atoms with Crippen LogP contribution in [-0.2, 0) is 11.4 Å². The third kappa shape index (κ3) is 1.94. The number of hydroxylamine groups is 1. The third-order valence-electron chi connectivity index (χ3n) is 3.26. The molecule has 90 valence electrons. The summed E-state index contributed by atoms with van der Waals surface area (Å²) in [6.45, 7) is 2.80. The van der Waals surface area contributed by atoms with Crippen LogP contribution in [0, 0.1) is 6.92 Å². The van der Waals surface area contributed by atoms with Crippen LogP contribution in [0.15, 0.2) is 18.2 Å². The van der Waals surface area contributed by atoms with Crippen molar-refractivity contribution in [3.63, 3.8) is 0 Å². The lowest BCUT2D eigenvalue weighted by atomic mass is 10.2. The Kier molecular flexibility index (Phi) is 2.61. The van der Waals surface area contributed by atoms with E-state index in [1.54, 1.807) is 7.11 Å². The summed E-state index contributed by atoms with van der Waals surface area (Å²) in [6.07, 6.45) is 2.58. The Bertz CT molecular complexity index is 543. The van der Waals surface area contributed by atoms with Gasteiger partial charge in [0, 0.05) is 12.6 Å². The molecule has 1 fully saturated rings. The SMILES string of the molecule is CONCc1ccc2c(c1)nc(C)n2C1CC1. The molecule has 0 unspecified atom stereocenters. The van der Waals surface area contributed by atoms with E-state index in [4.69, 9.17) is 4.84 Å². The van der Waals surface area contributed by atoms with Crippen LogP contribution < -0.4 is 5.48 Å². The Morgan fingerprint density at radius 1 is 1.47 bits per heavy atom. The second kappa shape index (κ2) is 4.13. The number of rotatable bonds is 4. The molecule has 1 aliphatic carbocycles. The van der Waals surface area contributed by atoms with E-state index in [0.29, 0.717) is 12.6 Å². The van der Waals surface area contributed by atoms with Crippen LogP contribution in [0.25, 0.3) is 11.0 Å². The van der Waals surface area contributed by atoms with Gasteiger partial charge in [-0.3, -0.25) is 0 Å². The van der Waals surface area contributed by atoms with Crippen molar-refractivity contribution in [1.82, 2.24) is 15.0 Å². The van der Waals surface area contributed by atoms with E-state index in [1.165, 1.54) is 23.9 Å². The first-order valence-electron chi connectivity index (χ1n) is 6.03. The van der Waals surface area contributed by atoms with Crippen molar-refractivity contribution in [3.8, 4) is 0 Å². The molecule has 2 aromatic rings. The minimum Gasteiger partial charge on any atom is -0.325 e. The standard InChI is InChI=1S/C13H17N3O/c1-9-15-12-7-10(8-14-17-2)3-6-13(12)16(9)11-4-5-11/h3,6-7,11,14H,4-5,8H2,1-2H3.